The van der Waals surface area contributed by atoms with E-state index in [1.54, 1.807) is 0 Å². The minimum Gasteiger partial charge on any atom is -0.390 e. The van der Waals surface area contributed by atoms with Gasteiger partial charge >= 0.3 is 0 Å². The number of nitrogens with one attached hydrogen (secondary N) is 1. The lowest BCUT2D eigenvalue weighted by atomic mass is 10.2. The van der Waals surface area contributed by atoms with Crippen molar-refractivity contribution in [3.63, 3.8) is 0 Å². The third-order valence-electron chi connectivity index (χ3n) is 2.00. The molecule has 0 radical (unpaired) electrons. The van der Waals surface area contributed by atoms with Gasteiger partial charge in [-0.2, -0.15) is 0 Å². The predicted molar refractivity (Wildman–Crippen MR) is 54.3 cm³/mol. The molecular weight excluding hydrogens is 162 g/mol. The van der Waals surface area contributed by atoms with Crippen molar-refractivity contribution in [1.82, 2.24) is 0 Å². The molecule has 2 rings (SSSR count). The number of allylic oxidation sites excluding steroid dienone is 2. The molecule has 2 heteroatoms. The molecular formula is C11H11NO. The van der Waals surface area contributed by atoms with Gasteiger partial charge in [0, 0.05) is 11.4 Å². The maximum Gasteiger partial charge on any atom is 0.0830 e. The van der Waals surface area contributed by atoms with Crippen LogP contribution in [0.5, 0.6) is 0 Å². The Morgan fingerprint density at radius 3 is 2.92 bits per heavy atom. The normalized spacial score (nSPS) is 14.1. The summed E-state index contributed by atoms with van der Waals surface area (Å²) in [6.07, 6.45) is 5.83. The van der Waals surface area contributed by atoms with Crippen LogP contribution >= 0.6 is 0 Å². The second kappa shape index (κ2) is 3.46. The Bertz CT molecular complexity index is 366. The highest BCUT2D eigenvalue weighted by atomic mass is 16.3. The molecule has 0 fully saturated rings. The lowest BCUT2D eigenvalue weighted by Gasteiger charge is -2.08. The Hall–Kier alpha value is -1.54. The van der Waals surface area contributed by atoms with Gasteiger partial charge in [0.2, 0.25) is 0 Å². The molecule has 1 aliphatic rings. The van der Waals surface area contributed by atoms with E-state index in [9.17, 15) is 0 Å². The van der Waals surface area contributed by atoms with Gasteiger partial charge in [-0.15, -0.1) is 0 Å². The van der Waals surface area contributed by atoms with E-state index in [2.05, 4.69) is 5.32 Å². The molecule has 2 N–H and O–H groups in total. The zero-order valence-corrected chi connectivity index (χ0v) is 7.20. The Labute approximate surface area is 77.2 Å². The first-order valence-corrected chi connectivity index (χ1v) is 4.24. The summed E-state index contributed by atoms with van der Waals surface area (Å²) in [7, 11) is 0. The van der Waals surface area contributed by atoms with Gasteiger partial charge < -0.3 is 10.4 Å². The molecule has 2 nitrogen and oxygen atoms in total. The van der Waals surface area contributed by atoms with Crippen molar-refractivity contribution in [2.24, 2.45) is 0 Å². The number of rotatable bonds is 1. The molecule has 0 aliphatic carbocycles. The van der Waals surface area contributed by atoms with Crippen LogP contribution in [0.25, 0.3) is 6.08 Å². The largest absolute Gasteiger partial charge is 0.390 e. The van der Waals surface area contributed by atoms with Gasteiger partial charge in [0.1, 0.15) is 0 Å². The van der Waals surface area contributed by atoms with Gasteiger partial charge in [0.25, 0.3) is 0 Å². The number of anilines is 1. The van der Waals surface area contributed by atoms with Gasteiger partial charge in [0.05, 0.1) is 6.61 Å². The van der Waals surface area contributed by atoms with Gasteiger partial charge in [-0.3, -0.25) is 0 Å². The molecule has 0 bridgehead atoms. The van der Waals surface area contributed by atoms with E-state index in [0.717, 1.165) is 16.9 Å². The summed E-state index contributed by atoms with van der Waals surface area (Å²) in [6.45, 7) is 0.0404. The fourth-order valence-electron chi connectivity index (χ4n) is 1.33. The molecule has 1 aromatic rings. The Kier molecular flexibility index (Phi) is 2.15. The molecule has 0 unspecified atom stereocenters. The van der Waals surface area contributed by atoms with Crippen molar-refractivity contribution in [1.29, 1.82) is 0 Å². The number of para-hydroxylation sites is 1. The van der Waals surface area contributed by atoms with E-state index < -0.39 is 0 Å². The van der Waals surface area contributed by atoms with Crippen LogP contribution in [0.2, 0.25) is 0 Å². The Morgan fingerprint density at radius 1 is 1.23 bits per heavy atom. The van der Waals surface area contributed by atoms with Crippen LogP contribution in [-0.2, 0) is 0 Å². The fraction of sp³-hybridized carbons (Fsp3) is 0.0909. The van der Waals surface area contributed by atoms with Crippen molar-refractivity contribution >= 4 is 11.8 Å². The first-order valence-electron chi connectivity index (χ1n) is 4.24. The van der Waals surface area contributed by atoms with Crippen LogP contribution < -0.4 is 5.32 Å². The van der Waals surface area contributed by atoms with Crippen LogP contribution in [0.15, 0.2) is 42.1 Å². The number of benzene rings is 1. The van der Waals surface area contributed by atoms with Crippen molar-refractivity contribution in [3.8, 4) is 0 Å². The van der Waals surface area contributed by atoms with Gasteiger partial charge in [0.15, 0.2) is 0 Å². The van der Waals surface area contributed by atoms with Crippen LogP contribution in [0.3, 0.4) is 0 Å². The average molecular weight is 173 g/mol. The number of hydrogen-bond acceptors (Lipinski definition) is 2. The highest BCUT2D eigenvalue weighted by molar-refractivity contribution is 5.70. The molecule has 1 heterocycles. The summed E-state index contributed by atoms with van der Waals surface area (Å²) < 4.78 is 0. The van der Waals surface area contributed by atoms with Crippen molar-refractivity contribution in [2.75, 3.05) is 11.9 Å². The number of hydrogen-bond donors (Lipinski definition) is 2. The first-order chi connectivity index (χ1) is 6.40. The lowest BCUT2D eigenvalue weighted by molar-refractivity contribution is 0.332. The van der Waals surface area contributed by atoms with Gasteiger partial charge in [-0.1, -0.05) is 30.4 Å². The van der Waals surface area contributed by atoms with E-state index in [0.29, 0.717) is 0 Å². The topological polar surface area (TPSA) is 32.3 Å². The highest BCUT2D eigenvalue weighted by Gasteiger charge is 2.02. The van der Waals surface area contributed by atoms with Gasteiger partial charge in [-0.25, -0.2) is 0 Å². The zero-order chi connectivity index (χ0) is 9.10. The SMILES string of the molecule is OCC1=CC=Cc2ccccc2N1. The lowest BCUT2D eigenvalue weighted by Crippen LogP contribution is -2.03. The minimum absolute atomic E-state index is 0.0404. The summed E-state index contributed by atoms with van der Waals surface area (Å²) in [4.78, 5) is 0. The van der Waals surface area contributed by atoms with E-state index in [1.807, 2.05) is 42.5 Å². The molecule has 0 spiro atoms. The average Bonchev–Trinajstić information content (AvgIpc) is 2.38. The quantitative estimate of drug-likeness (QED) is 0.680. The molecule has 0 saturated heterocycles. The molecule has 1 aromatic carbocycles. The van der Waals surface area contributed by atoms with Crippen molar-refractivity contribution in [2.45, 2.75) is 0 Å². The van der Waals surface area contributed by atoms with E-state index in [1.165, 1.54) is 0 Å². The van der Waals surface area contributed by atoms with Crippen LogP contribution in [0.4, 0.5) is 5.69 Å². The standard InChI is InChI=1S/C11H11NO/c13-8-10-6-3-5-9-4-1-2-7-11(9)12-10/h1-7,12-13H,8H2. The second-order valence-electron chi connectivity index (χ2n) is 2.92. The molecule has 13 heavy (non-hydrogen) atoms. The van der Waals surface area contributed by atoms with Crippen LogP contribution in [0, 0.1) is 0 Å². The summed E-state index contributed by atoms with van der Waals surface area (Å²) in [5, 5.41) is 12.1. The van der Waals surface area contributed by atoms with Crippen molar-refractivity contribution < 1.29 is 5.11 Å². The fourth-order valence-corrected chi connectivity index (χ4v) is 1.33. The van der Waals surface area contributed by atoms with E-state index in [-0.39, 0.29) is 6.61 Å². The van der Waals surface area contributed by atoms with Gasteiger partial charge in [-0.05, 0) is 17.7 Å². The Morgan fingerprint density at radius 2 is 2.08 bits per heavy atom. The summed E-state index contributed by atoms with van der Waals surface area (Å²) >= 11 is 0. The van der Waals surface area contributed by atoms with E-state index in [4.69, 9.17) is 5.11 Å². The predicted octanol–water partition coefficient (Wildman–Crippen LogP) is 2.00. The second-order valence-corrected chi connectivity index (χ2v) is 2.92. The number of fused-ring (bicyclic) bond motifs is 1. The van der Waals surface area contributed by atoms with E-state index >= 15 is 0 Å². The first kappa shape index (κ1) is 8.08. The smallest absolute Gasteiger partial charge is 0.0830 e. The molecule has 1 aliphatic heterocycles. The van der Waals surface area contributed by atoms with Crippen LogP contribution in [-0.4, -0.2) is 11.7 Å². The van der Waals surface area contributed by atoms with Crippen molar-refractivity contribution in [3.05, 3.63) is 47.7 Å². The summed E-state index contributed by atoms with van der Waals surface area (Å²) in [6, 6.07) is 8.00. The molecule has 0 amide bonds. The maximum atomic E-state index is 8.98. The molecule has 0 atom stereocenters. The Balaban J connectivity index is 2.40. The number of aliphatic hydroxyl groups excluding tert-OH is 1. The zero-order valence-electron chi connectivity index (χ0n) is 7.20. The number of aliphatic hydroxyl groups is 1. The molecule has 0 saturated carbocycles. The highest BCUT2D eigenvalue weighted by Crippen LogP contribution is 2.20. The third kappa shape index (κ3) is 1.63. The molecule has 66 valence electrons. The molecule has 0 aromatic heterocycles. The van der Waals surface area contributed by atoms with Crippen LogP contribution in [0.1, 0.15) is 5.56 Å². The third-order valence-corrected chi connectivity index (χ3v) is 2.00. The summed E-state index contributed by atoms with van der Waals surface area (Å²) in [5.74, 6) is 0. The maximum absolute atomic E-state index is 8.98. The monoisotopic (exact) mass is 173 g/mol. The summed E-state index contributed by atoms with van der Waals surface area (Å²) in [5.41, 5.74) is 3.00. The minimum atomic E-state index is 0.0404.